The fraction of sp³-hybridized carbons (Fsp3) is 0.588. The molecular formula is C17H23ClN2O2. The van der Waals surface area contributed by atoms with Crippen LogP contribution in [0, 0.1) is 5.92 Å². The number of likely N-dealkylation sites (tertiary alicyclic amines) is 1. The van der Waals surface area contributed by atoms with Gasteiger partial charge in [0, 0.05) is 25.0 Å². The van der Waals surface area contributed by atoms with E-state index in [4.69, 9.17) is 16.3 Å². The lowest BCUT2D eigenvalue weighted by atomic mass is 9.99. The number of hydrogen-bond acceptors (Lipinski definition) is 3. The van der Waals surface area contributed by atoms with Crippen LogP contribution in [0.5, 0.6) is 5.75 Å². The van der Waals surface area contributed by atoms with E-state index in [1.807, 2.05) is 29.2 Å². The summed E-state index contributed by atoms with van der Waals surface area (Å²) >= 11 is 6.10. The summed E-state index contributed by atoms with van der Waals surface area (Å²) in [5.41, 5.74) is 0. The maximum absolute atomic E-state index is 12.2. The lowest BCUT2D eigenvalue weighted by Gasteiger charge is -2.32. The Bertz CT molecular complexity index is 519. The first-order valence-corrected chi connectivity index (χ1v) is 8.48. The van der Waals surface area contributed by atoms with Crippen LogP contribution in [0.3, 0.4) is 0 Å². The Morgan fingerprint density at radius 1 is 1.32 bits per heavy atom. The van der Waals surface area contributed by atoms with Crippen molar-refractivity contribution in [3.05, 3.63) is 29.3 Å². The van der Waals surface area contributed by atoms with Gasteiger partial charge in [-0.3, -0.25) is 4.79 Å². The van der Waals surface area contributed by atoms with Crippen LogP contribution in [0.1, 0.15) is 25.7 Å². The van der Waals surface area contributed by atoms with E-state index in [0.29, 0.717) is 30.1 Å². The average molecular weight is 323 g/mol. The smallest absolute Gasteiger partial charge is 0.236 e. The van der Waals surface area contributed by atoms with Gasteiger partial charge in [0.1, 0.15) is 5.75 Å². The van der Waals surface area contributed by atoms with Gasteiger partial charge in [-0.05, 0) is 37.8 Å². The molecule has 1 unspecified atom stereocenters. The number of nitrogens with zero attached hydrogens (tertiary/aromatic N) is 1. The molecule has 0 spiro atoms. The maximum Gasteiger partial charge on any atom is 0.236 e. The third kappa shape index (κ3) is 4.37. The van der Waals surface area contributed by atoms with Gasteiger partial charge < -0.3 is 15.0 Å². The first-order chi connectivity index (χ1) is 10.7. The molecule has 1 heterocycles. The molecule has 1 saturated heterocycles. The number of hydrogen-bond donors (Lipinski definition) is 1. The molecular weight excluding hydrogens is 300 g/mol. The van der Waals surface area contributed by atoms with E-state index in [0.717, 1.165) is 31.7 Å². The van der Waals surface area contributed by atoms with E-state index in [1.165, 1.54) is 12.8 Å². The molecule has 1 saturated carbocycles. The molecule has 1 aliphatic heterocycles. The highest BCUT2D eigenvalue weighted by Crippen LogP contribution is 2.25. The number of halogens is 1. The number of piperidine rings is 1. The van der Waals surface area contributed by atoms with Crippen molar-refractivity contribution in [2.24, 2.45) is 5.92 Å². The van der Waals surface area contributed by atoms with Crippen LogP contribution in [0.2, 0.25) is 5.02 Å². The van der Waals surface area contributed by atoms with Crippen molar-refractivity contribution in [3.63, 3.8) is 0 Å². The second-order valence-electron chi connectivity index (χ2n) is 6.24. The van der Waals surface area contributed by atoms with Crippen molar-refractivity contribution >= 4 is 17.5 Å². The van der Waals surface area contributed by atoms with Gasteiger partial charge in [0.25, 0.3) is 0 Å². The fourth-order valence-electron chi connectivity index (χ4n) is 2.83. The Kier molecular flexibility index (Phi) is 5.21. The molecule has 1 N–H and O–H groups in total. The second-order valence-corrected chi connectivity index (χ2v) is 6.65. The minimum absolute atomic E-state index is 0.217. The van der Waals surface area contributed by atoms with Crippen molar-refractivity contribution in [1.82, 2.24) is 10.2 Å². The number of carbonyl (C=O) groups is 1. The van der Waals surface area contributed by atoms with Crippen molar-refractivity contribution in [1.29, 1.82) is 0 Å². The number of para-hydroxylation sites is 1. The van der Waals surface area contributed by atoms with Crippen LogP contribution in [0.4, 0.5) is 0 Å². The lowest BCUT2D eigenvalue weighted by molar-refractivity contribution is -0.132. The Morgan fingerprint density at radius 3 is 2.91 bits per heavy atom. The predicted molar refractivity (Wildman–Crippen MR) is 87.3 cm³/mol. The first-order valence-electron chi connectivity index (χ1n) is 8.11. The second kappa shape index (κ2) is 7.34. The Hall–Kier alpha value is -1.26. The zero-order valence-corrected chi connectivity index (χ0v) is 13.5. The Balaban J connectivity index is 1.45. The summed E-state index contributed by atoms with van der Waals surface area (Å²) in [4.78, 5) is 14.2. The number of carbonyl (C=O) groups excluding carboxylic acids is 1. The van der Waals surface area contributed by atoms with Crippen LogP contribution in [0.25, 0.3) is 0 Å². The Labute approximate surface area is 136 Å². The zero-order valence-electron chi connectivity index (χ0n) is 12.8. The van der Waals surface area contributed by atoms with Gasteiger partial charge in [0.15, 0.2) is 0 Å². The van der Waals surface area contributed by atoms with Gasteiger partial charge in [-0.25, -0.2) is 0 Å². The van der Waals surface area contributed by atoms with Crippen LogP contribution in [-0.2, 0) is 4.79 Å². The highest BCUT2D eigenvalue weighted by molar-refractivity contribution is 6.32. The van der Waals surface area contributed by atoms with Crippen LogP contribution < -0.4 is 10.1 Å². The van der Waals surface area contributed by atoms with Gasteiger partial charge in [-0.15, -0.1) is 0 Å². The molecule has 0 bridgehead atoms. The van der Waals surface area contributed by atoms with E-state index in [1.54, 1.807) is 0 Å². The molecule has 3 rings (SSSR count). The highest BCUT2D eigenvalue weighted by Gasteiger charge is 2.26. The lowest BCUT2D eigenvalue weighted by Crippen LogP contribution is -2.45. The normalized spacial score (nSPS) is 21.7. The zero-order chi connectivity index (χ0) is 15.4. The first kappa shape index (κ1) is 15.6. The molecule has 0 aromatic heterocycles. The van der Waals surface area contributed by atoms with Crippen LogP contribution in [0.15, 0.2) is 24.3 Å². The number of ether oxygens (including phenoxy) is 1. The molecule has 4 nitrogen and oxygen atoms in total. The molecule has 2 fully saturated rings. The van der Waals surface area contributed by atoms with E-state index in [-0.39, 0.29) is 5.91 Å². The van der Waals surface area contributed by atoms with Crippen molar-refractivity contribution in [3.8, 4) is 5.75 Å². The SMILES string of the molecule is O=C(CNC1CC1)N1CCCC(COc2ccccc2Cl)C1. The number of amides is 1. The molecule has 1 aliphatic carbocycles. The maximum atomic E-state index is 12.2. The highest BCUT2D eigenvalue weighted by atomic mass is 35.5. The molecule has 5 heteroatoms. The van der Waals surface area contributed by atoms with Crippen LogP contribution >= 0.6 is 11.6 Å². The van der Waals surface area contributed by atoms with E-state index in [2.05, 4.69) is 5.32 Å². The Morgan fingerprint density at radius 2 is 2.14 bits per heavy atom. The average Bonchev–Trinajstić information content (AvgIpc) is 3.36. The van der Waals surface area contributed by atoms with Gasteiger partial charge in [-0.1, -0.05) is 23.7 Å². The van der Waals surface area contributed by atoms with Crippen molar-refractivity contribution in [2.75, 3.05) is 26.2 Å². The quantitative estimate of drug-likeness (QED) is 0.875. The number of nitrogens with one attached hydrogen (secondary N) is 1. The minimum atomic E-state index is 0.217. The monoisotopic (exact) mass is 322 g/mol. The predicted octanol–water partition coefficient (Wildman–Crippen LogP) is 2.71. The standard InChI is InChI=1S/C17H23ClN2O2/c18-15-5-1-2-6-16(15)22-12-13-4-3-9-20(11-13)17(21)10-19-14-7-8-14/h1-2,5-6,13-14,19H,3-4,7-12H2. The summed E-state index contributed by atoms with van der Waals surface area (Å²) in [5, 5.41) is 3.93. The molecule has 120 valence electrons. The third-order valence-electron chi connectivity index (χ3n) is 4.30. The molecule has 2 aliphatic rings. The molecule has 1 aromatic rings. The van der Waals surface area contributed by atoms with Gasteiger partial charge in [-0.2, -0.15) is 0 Å². The summed E-state index contributed by atoms with van der Waals surface area (Å²) < 4.78 is 5.83. The summed E-state index contributed by atoms with van der Waals surface area (Å²) in [6.45, 7) is 2.75. The molecule has 1 aromatic carbocycles. The van der Waals surface area contributed by atoms with Crippen LogP contribution in [-0.4, -0.2) is 43.1 Å². The molecule has 0 radical (unpaired) electrons. The summed E-state index contributed by atoms with van der Waals surface area (Å²) in [6, 6.07) is 8.10. The van der Waals surface area contributed by atoms with E-state index >= 15 is 0 Å². The van der Waals surface area contributed by atoms with Gasteiger partial charge in [0.05, 0.1) is 18.2 Å². The largest absolute Gasteiger partial charge is 0.492 e. The van der Waals surface area contributed by atoms with E-state index < -0.39 is 0 Å². The summed E-state index contributed by atoms with van der Waals surface area (Å²) in [6.07, 6.45) is 4.57. The van der Waals surface area contributed by atoms with Gasteiger partial charge in [0.2, 0.25) is 5.91 Å². The fourth-order valence-corrected chi connectivity index (χ4v) is 3.02. The number of rotatable bonds is 6. The van der Waals surface area contributed by atoms with E-state index in [9.17, 15) is 4.79 Å². The van der Waals surface area contributed by atoms with Crippen molar-refractivity contribution < 1.29 is 9.53 Å². The summed E-state index contributed by atoms with van der Waals surface area (Å²) in [5.74, 6) is 1.33. The topological polar surface area (TPSA) is 41.6 Å². The summed E-state index contributed by atoms with van der Waals surface area (Å²) in [7, 11) is 0. The third-order valence-corrected chi connectivity index (χ3v) is 4.61. The number of benzene rings is 1. The molecule has 22 heavy (non-hydrogen) atoms. The van der Waals surface area contributed by atoms with Crippen molar-refractivity contribution in [2.45, 2.75) is 31.7 Å². The van der Waals surface area contributed by atoms with Gasteiger partial charge >= 0.3 is 0 Å². The minimum Gasteiger partial charge on any atom is -0.492 e. The molecule has 1 amide bonds. The molecule has 1 atom stereocenters.